The van der Waals surface area contributed by atoms with Crippen molar-refractivity contribution in [3.8, 4) is 0 Å². The molecule has 2 N–H and O–H groups in total. The van der Waals surface area contributed by atoms with E-state index in [0.717, 1.165) is 71.6 Å². The molecule has 0 atom stereocenters. The van der Waals surface area contributed by atoms with Crippen molar-refractivity contribution < 1.29 is 9.84 Å². The van der Waals surface area contributed by atoms with Crippen LogP contribution < -0.4 is 5.32 Å². The van der Waals surface area contributed by atoms with Gasteiger partial charge in [0.25, 0.3) is 0 Å². The summed E-state index contributed by atoms with van der Waals surface area (Å²) >= 11 is 0. The second-order valence-electron chi connectivity index (χ2n) is 7.02. The van der Waals surface area contributed by atoms with Gasteiger partial charge in [-0.2, -0.15) is 0 Å². The lowest BCUT2D eigenvalue weighted by molar-refractivity contribution is -0.0250. The third-order valence-electron chi connectivity index (χ3n) is 4.70. The van der Waals surface area contributed by atoms with Crippen LogP contribution in [0.25, 0.3) is 0 Å². The Kier molecular flexibility index (Phi) is 5.23. The second kappa shape index (κ2) is 6.53. The third-order valence-corrected chi connectivity index (χ3v) is 4.70. The van der Waals surface area contributed by atoms with E-state index in [0.29, 0.717) is 5.41 Å². The maximum atomic E-state index is 10.5. The Morgan fingerprint density at radius 3 is 2.37 bits per heavy atom. The molecule has 1 saturated heterocycles. The third kappa shape index (κ3) is 5.03. The normalized spacial score (nSPS) is 27.3. The monoisotopic (exact) mass is 270 g/mol. The molecule has 1 aliphatic carbocycles. The Hall–Kier alpha value is -0.160. The Balaban J connectivity index is 1.60. The van der Waals surface area contributed by atoms with Crippen LogP contribution in [0.5, 0.6) is 0 Å². The van der Waals surface area contributed by atoms with E-state index < -0.39 is 5.60 Å². The van der Waals surface area contributed by atoms with Gasteiger partial charge in [0.2, 0.25) is 0 Å². The average molecular weight is 270 g/mol. The predicted molar refractivity (Wildman–Crippen MR) is 77.3 cm³/mol. The zero-order valence-electron chi connectivity index (χ0n) is 12.6. The van der Waals surface area contributed by atoms with Crippen molar-refractivity contribution in [2.75, 3.05) is 45.9 Å². The van der Waals surface area contributed by atoms with Crippen molar-refractivity contribution >= 4 is 0 Å². The SMILES string of the molecule is CC1(C)CCC(O)(CNCCN2CCOCC2)CC1. The van der Waals surface area contributed by atoms with Crippen LogP contribution in [0.15, 0.2) is 0 Å². The van der Waals surface area contributed by atoms with Gasteiger partial charge in [-0.15, -0.1) is 0 Å². The first-order valence-corrected chi connectivity index (χ1v) is 7.72. The molecule has 0 aromatic carbocycles. The molecule has 2 aliphatic rings. The smallest absolute Gasteiger partial charge is 0.0772 e. The number of morpholine rings is 1. The number of nitrogens with one attached hydrogen (secondary N) is 1. The van der Waals surface area contributed by atoms with E-state index in [1.807, 2.05) is 0 Å². The summed E-state index contributed by atoms with van der Waals surface area (Å²) in [5.74, 6) is 0. The second-order valence-corrected chi connectivity index (χ2v) is 7.02. The summed E-state index contributed by atoms with van der Waals surface area (Å²) in [6.45, 7) is 11.2. The van der Waals surface area contributed by atoms with E-state index in [-0.39, 0.29) is 0 Å². The maximum absolute atomic E-state index is 10.5. The highest BCUT2D eigenvalue weighted by Gasteiger charge is 2.36. The van der Waals surface area contributed by atoms with Gasteiger partial charge >= 0.3 is 0 Å². The van der Waals surface area contributed by atoms with Crippen molar-refractivity contribution in [1.29, 1.82) is 0 Å². The van der Waals surface area contributed by atoms with Crippen LogP contribution in [0.1, 0.15) is 39.5 Å². The summed E-state index contributed by atoms with van der Waals surface area (Å²) in [5.41, 5.74) is -0.0550. The van der Waals surface area contributed by atoms with Gasteiger partial charge < -0.3 is 15.2 Å². The molecule has 19 heavy (non-hydrogen) atoms. The van der Waals surface area contributed by atoms with Gasteiger partial charge in [-0.25, -0.2) is 0 Å². The molecule has 0 aromatic rings. The lowest BCUT2D eigenvalue weighted by Gasteiger charge is -2.40. The van der Waals surface area contributed by atoms with Crippen molar-refractivity contribution in [3.05, 3.63) is 0 Å². The minimum atomic E-state index is -0.472. The molecule has 0 radical (unpaired) electrons. The summed E-state index contributed by atoms with van der Waals surface area (Å²) in [6, 6.07) is 0. The number of nitrogens with zero attached hydrogens (tertiary/aromatic N) is 1. The minimum absolute atomic E-state index is 0.417. The zero-order chi connectivity index (χ0) is 13.8. The van der Waals surface area contributed by atoms with E-state index >= 15 is 0 Å². The number of aliphatic hydroxyl groups is 1. The van der Waals surface area contributed by atoms with Crippen molar-refractivity contribution in [2.24, 2.45) is 5.41 Å². The van der Waals surface area contributed by atoms with E-state index in [4.69, 9.17) is 4.74 Å². The zero-order valence-corrected chi connectivity index (χ0v) is 12.6. The number of hydrogen-bond acceptors (Lipinski definition) is 4. The van der Waals surface area contributed by atoms with Gasteiger partial charge in [0.05, 0.1) is 18.8 Å². The summed E-state index contributed by atoms with van der Waals surface area (Å²) in [5, 5.41) is 14.0. The Morgan fingerprint density at radius 1 is 1.11 bits per heavy atom. The van der Waals surface area contributed by atoms with Gasteiger partial charge in [0.1, 0.15) is 0 Å². The fourth-order valence-corrected chi connectivity index (χ4v) is 2.95. The van der Waals surface area contributed by atoms with Gasteiger partial charge in [-0.1, -0.05) is 13.8 Å². The summed E-state index contributed by atoms with van der Waals surface area (Å²) in [7, 11) is 0. The highest BCUT2D eigenvalue weighted by molar-refractivity contribution is 4.90. The van der Waals surface area contributed by atoms with Gasteiger partial charge in [0.15, 0.2) is 0 Å². The molecule has 0 bridgehead atoms. The van der Waals surface area contributed by atoms with Crippen molar-refractivity contribution in [2.45, 2.75) is 45.1 Å². The van der Waals surface area contributed by atoms with Gasteiger partial charge in [-0.05, 0) is 31.1 Å². The van der Waals surface area contributed by atoms with Crippen LogP contribution in [0, 0.1) is 5.41 Å². The molecule has 0 aromatic heterocycles. The molecule has 0 unspecified atom stereocenters. The molecule has 112 valence electrons. The molecular formula is C15H30N2O2. The standard InChI is InChI=1S/C15H30N2O2/c1-14(2)3-5-15(18,6-4-14)13-16-7-8-17-9-11-19-12-10-17/h16,18H,3-13H2,1-2H3. The molecule has 4 heteroatoms. The summed E-state index contributed by atoms with van der Waals surface area (Å²) in [6.07, 6.45) is 4.14. The molecule has 2 rings (SSSR count). The highest BCUT2D eigenvalue weighted by atomic mass is 16.5. The van der Waals surface area contributed by atoms with Gasteiger partial charge in [-0.3, -0.25) is 4.90 Å². The lowest BCUT2D eigenvalue weighted by Crippen LogP contribution is -2.47. The molecule has 1 aliphatic heterocycles. The summed E-state index contributed by atoms with van der Waals surface area (Å²) in [4.78, 5) is 2.42. The molecule has 0 spiro atoms. The van der Waals surface area contributed by atoms with Crippen LogP contribution >= 0.6 is 0 Å². The topological polar surface area (TPSA) is 44.7 Å². The largest absolute Gasteiger partial charge is 0.389 e. The van der Waals surface area contributed by atoms with Crippen molar-refractivity contribution in [3.63, 3.8) is 0 Å². The van der Waals surface area contributed by atoms with E-state index in [9.17, 15) is 5.11 Å². The fourth-order valence-electron chi connectivity index (χ4n) is 2.95. The first kappa shape index (κ1) is 15.2. The van der Waals surface area contributed by atoms with Crippen LogP contribution in [-0.2, 0) is 4.74 Å². The van der Waals surface area contributed by atoms with Gasteiger partial charge in [0, 0.05) is 32.7 Å². The van der Waals surface area contributed by atoms with Crippen LogP contribution in [-0.4, -0.2) is 61.5 Å². The molecular weight excluding hydrogens is 240 g/mol. The minimum Gasteiger partial charge on any atom is -0.389 e. The molecule has 0 amide bonds. The maximum Gasteiger partial charge on any atom is 0.0772 e. The van der Waals surface area contributed by atoms with E-state index in [1.54, 1.807) is 0 Å². The summed E-state index contributed by atoms with van der Waals surface area (Å²) < 4.78 is 5.33. The Bertz CT molecular complexity index is 265. The average Bonchev–Trinajstić information content (AvgIpc) is 2.40. The number of rotatable bonds is 5. The first-order chi connectivity index (χ1) is 8.99. The van der Waals surface area contributed by atoms with E-state index in [2.05, 4.69) is 24.1 Å². The Morgan fingerprint density at radius 2 is 1.74 bits per heavy atom. The lowest BCUT2D eigenvalue weighted by atomic mass is 9.71. The van der Waals surface area contributed by atoms with Crippen LogP contribution in [0.4, 0.5) is 0 Å². The van der Waals surface area contributed by atoms with Crippen molar-refractivity contribution in [1.82, 2.24) is 10.2 Å². The van der Waals surface area contributed by atoms with Crippen LogP contribution in [0.2, 0.25) is 0 Å². The number of hydrogen-bond donors (Lipinski definition) is 2. The molecule has 4 nitrogen and oxygen atoms in total. The predicted octanol–water partition coefficient (Wildman–Crippen LogP) is 1.24. The molecule has 2 fully saturated rings. The Labute approximate surface area is 117 Å². The molecule has 1 heterocycles. The number of ether oxygens (including phenoxy) is 1. The fraction of sp³-hybridized carbons (Fsp3) is 1.00. The first-order valence-electron chi connectivity index (χ1n) is 7.72. The quantitative estimate of drug-likeness (QED) is 0.738. The highest BCUT2D eigenvalue weighted by Crippen LogP contribution is 2.39. The molecule has 1 saturated carbocycles. The van der Waals surface area contributed by atoms with Crippen LogP contribution in [0.3, 0.4) is 0 Å². The van der Waals surface area contributed by atoms with E-state index in [1.165, 1.54) is 0 Å².